The van der Waals surface area contributed by atoms with Gasteiger partial charge in [-0.3, -0.25) is 0 Å². The predicted molar refractivity (Wildman–Crippen MR) is 130 cm³/mol. The highest BCUT2D eigenvalue weighted by molar-refractivity contribution is 5.69. The largest absolute Gasteiger partial charge is 0.444 e. The van der Waals surface area contributed by atoms with Crippen LogP contribution < -0.4 is 10.2 Å². The molecule has 0 radical (unpaired) electrons. The number of alkyl carbamates (subject to hydrolysis) is 1. The fourth-order valence-electron chi connectivity index (χ4n) is 4.15. The first-order chi connectivity index (χ1) is 15.7. The Hall–Kier alpha value is -3.04. The number of anilines is 1. The molecule has 0 saturated heterocycles. The van der Waals surface area contributed by atoms with E-state index in [2.05, 4.69) is 34.5 Å². The highest BCUT2D eigenvalue weighted by Gasteiger charge is 2.24. The number of benzene rings is 2. The zero-order chi connectivity index (χ0) is 23.8. The maximum absolute atomic E-state index is 12.0. The molecule has 2 aromatic rings. The lowest BCUT2D eigenvalue weighted by Crippen LogP contribution is -2.38. The Bertz CT molecular complexity index is 977. The third kappa shape index (κ3) is 7.50. The number of fused-ring (bicyclic) bond motifs is 1. The lowest BCUT2D eigenvalue weighted by Gasteiger charge is -2.23. The van der Waals surface area contributed by atoms with Crippen molar-refractivity contribution in [3.05, 3.63) is 64.7 Å². The van der Waals surface area contributed by atoms with Gasteiger partial charge >= 0.3 is 6.09 Å². The minimum Gasteiger partial charge on any atom is -0.444 e. The minimum absolute atomic E-state index is 0.0938. The molecular formula is C27H35N3O3. The number of rotatable bonds is 9. The van der Waals surface area contributed by atoms with Crippen LogP contribution >= 0.6 is 0 Å². The quantitative estimate of drug-likeness (QED) is 0.546. The Balaban J connectivity index is 1.53. The number of nitriles is 1. The van der Waals surface area contributed by atoms with Crippen LogP contribution in [0.15, 0.2) is 42.5 Å². The third-order valence-electron chi connectivity index (χ3n) is 5.47. The van der Waals surface area contributed by atoms with Crippen molar-refractivity contribution in [3.63, 3.8) is 0 Å². The second kappa shape index (κ2) is 11.2. The van der Waals surface area contributed by atoms with Crippen LogP contribution in [-0.4, -0.2) is 37.4 Å². The first-order valence-corrected chi connectivity index (χ1v) is 11.7. The lowest BCUT2D eigenvalue weighted by molar-refractivity contribution is 0.0508. The Labute approximate surface area is 197 Å². The molecule has 6 nitrogen and oxygen atoms in total. The molecule has 1 atom stereocenters. The molecule has 0 spiro atoms. The molecule has 0 saturated carbocycles. The zero-order valence-electron chi connectivity index (χ0n) is 20.2. The fourth-order valence-corrected chi connectivity index (χ4v) is 4.15. The van der Waals surface area contributed by atoms with Gasteiger partial charge in [0.2, 0.25) is 0 Å². The van der Waals surface area contributed by atoms with E-state index in [1.807, 2.05) is 52.0 Å². The van der Waals surface area contributed by atoms with Crippen molar-refractivity contribution in [3.8, 4) is 6.07 Å². The summed E-state index contributed by atoms with van der Waals surface area (Å²) in [6, 6.07) is 16.6. The molecular weight excluding hydrogens is 414 g/mol. The molecule has 1 amide bonds. The molecule has 1 N–H and O–H groups in total. The molecule has 0 fully saturated rings. The average Bonchev–Trinajstić information content (AvgIpc) is 3.15. The van der Waals surface area contributed by atoms with Crippen molar-refractivity contribution in [2.75, 3.05) is 24.6 Å². The summed E-state index contributed by atoms with van der Waals surface area (Å²) in [6.07, 6.45) is 2.07. The number of hydrogen-bond acceptors (Lipinski definition) is 5. The van der Waals surface area contributed by atoms with Crippen LogP contribution in [0.5, 0.6) is 0 Å². The van der Waals surface area contributed by atoms with Crippen LogP contribution in [0.25, 0.3) is 0 Å². The number of carbonyl (C=O) groups excluding carboxylic acids is 1. The van der Waals surface area contributed by atoms with Gasteiger partial charge in [-0.05, 0) is 69.7 Å². The fraction of sp³-hybridized carbons (Fsp3) is 0.481. The van der Waals surface area contributed by atoms with Crippen LogP contribution in [0, 0.1) is 11.3 Å². The lowest BCUT2D eigenvalue weighted by atomic mass is 9.99. The van der Waals surface area contributed by atoms with Crippen LogP contribution in [0.1, 0.15) is 56.4 Å². The molecule has 6 heteroatoms. The highest BCUT2D eigenvalue weighted by Crippen LogP contribution is 2.33. The first kappa shape index (κ1) is 24.6. The molecule has 1 heterocycles. The van der Waals surface area contributed by atoms with Gasteiger partial charge in [0.1, 0.15) is 11.7 Å². The van der Waals surface area contributed by atoms with Crippen LogP contribution in [0.4, 0.5) is 10.5 Å². The van der Waals surface area contributed by atoms with E-state index in [9.17, 15) is 10.1 Å². The molecule has 3 rings (SSSR count). The van der Waals surface area contributed by atoms with Crippen LogP contribution in [-0.2, 0) is 28.9 Å². The SMILES string of the molecule is C[C@H](Cc1cc(C#N)c2c(c1)CCN2CCCOCc1ccccc1)NC(=O)OC(C)(C)C. The van der Waals surface area contributed by atoms with E-state index >= 15 is 0 Å². The van der Waals surface area contributed by atoms with Gasteiger partial charge < -0.3 is 19.7 Å². The summed E-state index contributed by atoms with van der Waals surface area (Å²) in [4.78, 5) is 14.3. The van der Waals surface area contributed by atoms with Crippen LogP contribution in [0.3, 0.4) is 0 Å². The molecule has 0 unspecified atom stereocenters. The molecule has 0 aromatic heterocycles. The third-order valence-corrected chi connectivity index (χ3v) is 5.47. The Kier molecular flexibility index (Phi) is 8.35. The maximum Gasteiger partial charge on any atom is 0.407 e. The van der Waals surface area contributed by atoms with Crippen molar-refractivity contribution in [1.29, 1.82) is 5.26 Å². The van der Waals surface area contributed by atoms with E-state index in [1.54, 1.807) is 0 Å². The maximum atomic E-state index is 12.0. The number of hydrogen-bond donors (Lipinski definition) is 1. The standard InChI is InChI=1S/C27H35N3O3/c1-20(29-26(31)33-27(2,3)4)15-22-16-23-11-13-30(25(23)24(17-22)18-28)12-8-14-32-19-21-9-6-5-7-10-21/h5-7,9-10,16-17,20H,8,11-15,19H2,1-4H3,(H,29,31)/t20-/m1/s1. The topological polar surface area (TPSA) is 74.6 Å². The zero-order valence-corrected chi connectivity index (χ0v) is 20.2. The van der Waals surface area contributed by atoms with E-state index in [0.29, 0.717) is 25.2 Å². The summed E-state index contributed by atoms with van der Waals surface area (Å²) in [6.45, 7) is 10.6. The number of nitrogens with zero attached hydrogens (tertiary/aromatic N) is 2. The summed E-state index contributed by atoms with van der Waals surface area (Å²) in [5, 5.41) is 12.7. The molecule has 2 aromatic carbocycles. The van der Waals surface area contributed by atoms with Gasteiger partial charge in [-0.15, -0.1) is 0 Å². The predicted octanol–water partition coefficient (Wildman–Crippen LogP) is 4.98. The highest BCUT2D eigenvalue weighted by atomic mass is 16.6. The molecule has 33 heavy (non-hydrogen) atoms. The molecule has 0 bridgehead atoms. The first-order valence-electron chi connectivity index (χ1n) is 11.7. The Morgan fingerprint density at radius 2 is 1.97 bits per heavy atom. The molecule has 176 valence electrons. The van der Waals surface area contributed by atoms with Gasteiger partial charge in [0, 0.05) is 25.7 Å². The summed E-state index contributed by atoms with van der Waals surface area (Å²) in [5.41, 5.74) is 4.67. The van der Waals surface area contributed by atoms with Gasteiger partial charge in [-0.2, -0.15) is 5.26 Å². The summed E-state index contributed by atoms with van der Waals surface area (Å²) >= 11 is 0. The Morgan fingerprint density at radius 1 is 1.21 bits per heavy atom. The van der Waals surface area contributed by atoms with Gasteiger partial charge in [0.05, 0.1) is 17.9 Å². The minimum atomic E-state index is -0.526. The number of amides is 1. The van der Waals surface area contributed by atoms with Gasteiger partial charge in [-0.1, -0.05) is 36.4 Å². The molecule has 1 aliphatic rings. The second-order valence-corrected chi connectivity index (χ2v) is 9.64. The van der Waals surface area contributed by atoms with Crippen molar-refractivity contribution >= 4 is 11.8 Å². The average molecular weight is 450 g/mol. The van der Waals surface area contributed by atoms with Crippen LogP contribution in [0.2, 0.25) is 0 Å². The van der Waals surface area contributed by atoms with Crippen molar-refractivity contribution in [2.24, 2.45) is 0 Å². The number of ether oxygens (including phenoxy) is 2. The monoisotopic (exact) mass is 449 g/mol. The summed E-state index contributed by atoms with van der Waals surface area (Å²) in [7, 11) is 0. The van der Waals surface area contributed by atoms with E-state index in [4.69, 9.17) is 9.47 Å². The van der Waals surface area contributed by atoms with Gasteiger partial charge in [0.25, 0.3) is 0 Å². The second-order valence-electron chi connectivity index (χ2n) is 9.64. The Morgan fingerprint density at radius 3 is 2.67 bits per heavy atom. The van der Waals surface area contributed by atoms with E-state index < -0.39 is 11.7 Å². The van der Waals surface area contributed by atoms with Crippen molar-refractivity contribution in [1.82, 2.24) is 5.32 Å². The van der Waals surface area contributed by atoms with E-state index in [1.165, 1.54) is 11.1 Å². The number of nitrogens with one attached hydrogen (secondary N) is 1. The van der Waals surface area contributed by atoms with Crippen molar-refractivity contribution in [2.45, 2.75) is 65.2 Å². The molecule has 1 aliphatic heterocycles. The van der Waals surface area contributed by atoms with E-state index in [0.717, 1.165) is 37.2 Å². The smallest absolute Gasteiger partial charge is 0.407 e. The van der Waals surface area contributed by atoms with E-state index in [-0.39, 0.29) is 6.04 Å². The summed E-state index contributed by atoms with van der Waals surface area (Å²) in [5.74, 6) is 0. The van der Waals surface area contributed by atoms with Gasteiger partial charge in [0.15, 0.2) is 0 Å². The molecule has 0 aliphatic carbocycles. The van der Waals surface area contributed by atoms with Gasteiger partial charge in [-0.25, -0.2) is 4.79 Å². The number of carbonyl (C=O) groups is 1. The normalized spacial score (nSPS) is 13.8. The summed E-state index contributed by atoms with van der Waals surface area (Å²) < 4.78 is 11.2. The van der Waals surface area contributed by atoms with Crippen molar-refractivity contribution < 1.29 is 14.3 Å².